The van der Waals surface area contributed by atoms with Crippen LogP contribution in [-0.2, 0) is 6.54 Å². The van der Waals surface area contributed by atoms with Gasteiger partial charge in [-0.05, 0) is 24.6 Å². The van der Waals surface area contributed by atoms with Crippen molar-refractivity contribution in [1.29, 1.82) is 5.26 Å². The molecule has 0 saturated carbocycles. The number of nitrogens with zero attached hydrogens (tertiary/aromatic N) is 4. The van der Waals surface area contributed by atoms with E-state index < -0.39 is 0 Å². The minimum Gasteiger partial charge on any atom is -0.244 e. The molecule has 0 radical (unpaired) electrons. The second-order valence-corrected chi connectivity index (χ2v) is 3.86. The summed E-state index contributed by atoms with van der Waals surface area (Å²) in [6, 6.07) is 9.50. The van der Waals surface area contributed by atoms with E-state index >= 15 is 0 Å². The summed E-state index contributed by atoms with van der Waals surface area (Å²) in [4.78, 5) is 0. The van der Waals surface area contributed by atoms with Crippen LogP contribution in [0.5, 0.6) is 0 Å². The number of rotatable bonds is 2. The van der Waals surface area contributed by atoms with Crippen LogP contribution in [0.3, 0.4) is 0 Å². The molecule has 80 valence electrons. The number of hydrogen-bond acceptors (Lipinski definition) is 3. The molecule has 0 aliphatic carbocycles. The van der Waals surface area contributed by atoms with Crippen LogP contribution in [0, 0.1) is 18.3 Å². The van der Waals surface area contributed by atoms with Gasteiger partial charge in [0, 0.05) is 5.02 Å². The summed E-state index contributed by atoms with van der Waals surface area (Å²) in [6.45, 7) is 2.42. The van der Waals surface area contributed by atoms with E-state index in [-0.39, 0.29) is 0 Å². The molecule has 0 unspecified atom stereocenters. The molecule has 0 N–H and O–H groups in total. The molecule has 0 aliphatic rings. The van der Waals surface area contributed by atoms with Gasteiger partial charge in [0.05, 0.1) is 12.2 Å². The van der Waals surface area contributed by atoms with E-state index in [4.69, 9.17) is 16.9 Å². The number of benzene rings is 1. The number of nitriles is 1. The van der Waals surface area contributed by atoms with Gasteiger partial charge in [-0.2, -0.15) is 5.26 Å². The third-order valence-corrected chi connectivity index (χ3v) is 2.59. The zero-order valence-corrected chi connectivity index (χ0v) is 9.44. The van der Waals surface area contributed by atoms with E-state index in [2.05, 4.69) is 10.3 Å². The van der Waals surface area contributed by atoms with Crippen LogP contribution < -0.4 is 0 Å². The minimum atomic E-state index is 0.369. The van der Waals surface area contributed by atoms with Crippen molar-refractivity contribution in [2.24, 2.45) is 0 Å². The Morgan fingerprint density at radius 3 is 2.62 bits per heavy atom. The van der Waals surface area contributed by atoms with Gasteiger partial charge < -0.3 is 0 Å². The van der Waals surface area contributed by atoms with E-state index in [0.717, 1.165) is 11.3 Å². The Kier molecular flexibility index (Phi) is 2.88. The summed E-state index contributed by atoms with van der Waals surface area (Å²) in [7, 11) is 0. The summed E-state index contributed by atoms with van der Waals surface area (Å²) in [5.41, 5.74) is 2.22. The van der Waals surface area contributed by atoms with Crippen molar-refractivity contribution in [2.75, 3.05) is 0 Å². The van der Waals surface area contributed by atoms with Crippen LogP contribution in [-0.4, -0.2) is 15.0 Å². The third kappa shape index (κ3) is 2.05. The van der Waals surface area contributed by atoms with Crippen molar-refractivity contribution >= 4 is 11.6 Å². The first-order valence-electron chi connectivity index (χ1n) is 4.75. The van der Waals surface area contributed by atoms with Crippen LogP contribution in [0.15, 0.2) is 24.3 Å². The maximum atomic E-state index is 8.75. The zero-order valence-electron chi connectivity index (χ0n) is 8.68. The van der Waals surface area contributed by atoms with Crippen LogP contribution in [0.4, 0.5) is 0 Å². The van der Waals surface area contributed by atoms with E-state index in [0.29, 0.717) is 17.3 Å². The maximum absolute atomic E-state index is 8.75. The predicted molar refractivity (Wildman–Crippen MR) is 60.0 cm³/mol. The van der Waals surface area contributed by atoms with Crippen LogP contribution in [0.2, 0.25) is 5.02 Å². The highest BCUT2D eigenvalue weighted by atomic mass is 35.5. The average Bonchev–Trinajstić information content (AvgIpc) is 2.63. The standard InChI is InChI=1S/C11H9ClN4/c1-8-11(6-13)14-15-16(8)7-9-2-4-10(12)5-3-9/h2-5H,7H2,1H3. The summed E-state index contributed by atoms with van der Waals surface area (Å²) in [6.07, 6.45) is 0. The third-order valence-electron chi connectivity index (χ3n) is 2.33. The Labute approximate surface area is 98.1 Å². The highest BCUT2D eigenvalue weighted by Crippen LogP contribution is 2.11. The topological polar surface area (TPSA) is 54.5 Å². The van der Waals surface area contributed by atoms with E-state index in [1.54, 1.807) is 4.68 Å². The highest BCUT2D eigenvalue weighted by molar-refractivity contribution is 6.30. The fourth-order valence-electron chi connectivity index (χ4n) is 1.38. The monoisotopic (exact) mass is 232 g/mol. The van der Waals surface area contributed by atoms with E-state index in [9.17, 15) is 0 Å². The molecule has 0 aliphatic heterocycles. The first kappa shape index (κ1) is 10.7. The molecule has 0 bridgehead atoms. The molecule has 0 spiro atoms. The molecule has 1 aromatic heterocycles. The average molecular weight is 233 g/mol. The largest absolute Gasteiger partial charge is 0.244 e. The molecule has 0 saturated heterocycles. The second kappa shape index (κ2) is 4.33. The molecule has 4 nitrogen and oxygen atoms in total. The van der Waals surface area contributed by atoms with Gasteiger partial charge in [0.1, 0.15) is 6.07 Å². The van der Waals surface area contributed by atoms with Gasteiger partial charge in [-0.1, -0.05) is 28.9 Å². The van der Waals surface area contributed by atoms with Gasteiger partial charge in [-0.25, -0.2) is 4.68 Å². The lowest BCUT2D eigenvalue weighted by molar-refractivity contribution is 0.633. The first-order chi connectivity index (χ1) is 7.70. The Hall–Kier alpha value is -1.86. The van der Waals surface area contributed by atoms with Gasteiger partial charge in [-0.15, -0.1) is 5.10 Å². The molecule has 5 heteroatoms. The lowest BCUT2D eigenvalue weighted by Crippen LogP contribution is -2.03. The van der Waals surface area contributed by atoms with Crippen molar-refractivity contribution in [2.45, 2.75) is 13.5 Å². The van der Waals surface area contributed by atoms with Crippen LogP contribution in [0.1, 0.15) is 17.0 Å². The van der Waals surface area contributed by atoms with Gasteiger partial charge in [0.25, 0.3) is 0 Å². The van der Waals surface area contributed by atoms with Crippen molar-refractivity contribution in [3.8, 4) is 6.07 Å². The number of aromatic nitrogens is 3. The quantitative estimate of drug-likeness (QED) is 0.797. The molecule has 0 fully saturated rings. The lowest BCUT2D eigenvalue weighted by atomic mass is 10.2. The lowest BCUT2D eigenvalue weighted by Gasteiger charge is -2.03. The molecule has 2 rings (SSSR count). The second-order valence-electron chi connectivity index (χ2n) is 3.42. The number of halogens is 1. The summed E-state index contributed by atoms with van der Waals surface area (Å²) in [5.74, 6) is 0. The molecular formula is C11H9ClN4. The Bertz CT molecular complexity index is 536. The molecule has 1 aromatic carbocycles. The molecule has 0 amide bonds. The van der Waals surface area contributed by atoms with Crippen molar-refractivity contribution in [3.05, 3.63) is 46.2 Å². The summed E-state index contributed by atoms with van der Waals surface area (Å²) < 4.78 is 1.70. The molecule has 1 heterocycles. The fourth-order valence-corrected chi connectivity index (χ4v) is 1.50. The van der Waals surface area contributed by atoms with Crippen molar-refractivity contribution in [1.82, 2.24) is 15.0 Å². The van der Waals surface area contributed by atoms with Gasteiger partial charge in [0.15, 0.2) is 5.69 Å². The van der Waals surface area contributed by atoms with E-state index in [1.165, 1.54) is 0 Å². The minimum absolute atomic E-state index is 0.369. The predicted octanol–water partition coefficient (Wildman–Crippen LogP) is 2.16. The van der Waals surface area contributed by atoms with Crippen molar-refractivity contribution < 1.29 is 0 Å². The Morgan fingerprint density at radius 2 is 2.06 bits per heavy atom. The smallest absolute Gasteiger partial charge is 0.185 e. The van der Waals surface area contributed by atoms with Gasteiger partial charge >= 0.3 is 0 Å². The zero-order chi connectivity index (χ0) is 11.5. The first-order valence-corrected chi connectivity index (χ1v) is 5.13. The highest BCUT2D eigenvalue weighted by Gasteiger charge is 2.07. The Balaban J connectivity index is 2.24. The van der Waals surface area contributed by atoms with Gasteiger partial charge in [0.2, 0.25) is 0 Å². The maximum Gasteiger partial charge on any atom is 0.185 e. The Morgan fingerprint density at radius 1 is 1.38 bits per heavy atom. The van der Waals surface area contributed by atoms with Crippen LogP contribution in [0.25, 0.3) is 0 Å². The molecule has 2 aromatic rings. The molecular weight excluding hydrogens is 224 g/mol. The normalized spacial score (nSPS) is 10.1. The molecule has 0 atom stereocenters. The fraction of sp³-hybridized carbons (Fsp3) is 0.182. The summed E-state index contributed by atoms with van der Waals surface area (Å²) >= 11 is 5.79. The van der Waals surface area contributed by atoms with Gasteiger partial charge in [-0.3, -0.25) is 0 Å². The van der Waals surface area contributed by atoms with Crippen molar-refractivity contribution in [3.63, 3.8) is 0 Å². The number of hydrogen-bond donors (Lipinski definition) is 0. The molecule has 16 heavy (non-hydrogen) atoms. The van der Waals surface area contributed by atoms with Crippen LogP contribution >= 0.6 is 11.6 Å². The SMILES string of the molecule is Cc1c(C#N)nnn1Cc1ccc(Cl)cc1. The van der Waals surface area contributed by atoms with E-state index in [1.807, 2.05) is 37.3 Å². The summed E-state index contributed by atoms with van der Waals surface area (Å²) in [5, 5.41) is 17.1.